The van der Waals surface area contributed by atoms with Gasteiger partial charge in [0.2, 0.25) is 0 Å². The molecule has 2 aliphatic rings. The first-order chi connectivity index (χ1) is 13.8. The van der Waals surface area contributed by atoms with Crippen LogP contribution in [0.25, 0.3) is 10.9 Å². The van der Waals surface area contributed by atoms with Crippen LogP contribution >= 0.6 is 0 Å². The lowest BCUT2D eigenvalue weighted by Gasteiger charge is -2.34. The minimum Gasteiger partial charge on any atom is -0.344 e. The fourth-order valence-electron chi connectivity index (χ4n) is 4.97. The normalized spacial score (nSPS) is 18.4. The molecule has 1 spiro atoms. The lowest BCUT2D eigenvalue weighted by molar-refractivity contribution is -0.141. The van der Waals surface area contributed by atoms with Crippen molar-refractivity contribution in [2.75, 3.05) is 13.6 Å². The Morgan fingerprint density at radius 2 is 1.93 bits per heavy atom. The van der Waals surface area contributed by atoms with E-state index in [9.17, 15) is 13.2 Å². The van der Waals surface area contributed by atoms with Crippen molar-refractivity contribution in [3.05, 3.63) is 64.6 Å². The highest BCUT2D eigenvalue weighted by Gasteiger charge is 2.52. The first-order valence-corrected chi connectivity index (χ1v) is 10.2. The zero-order chi connectivity index (χ0) is 20.4. The van der Waals surface area contributed by atoms with Gasteiger partial charge in [0, 0.05) is 53.4 Å². The summed E-state index contributed by atoms with van der Waals surface area (Å²) in [5.74, 6) is 0. The summed E-state index contributed by atoms with van der Waals surface area (Å²) in [6.07, 6.45) is 1.04. The van der Waals surface area contributed by atoms with E-state index in [0.717, 1.165) is 31.1 Å². The molecule has 0 N–H and O–H groups in total. The number of aromatic nitrogens is 2. The molecule has 0 unspecified atom stereocenters. The van der Waals surface area contributed by atoms with E-state index in [1.807, 2.05) is 0 Å². The van der Waals surface area contributed by atoms with Gasteiger partial charge in [-0.2, -0.15) is 13.2 Å². The average molecular weight is 399 g/mol. The molecule has 29 heavy (non-hydrogen) atoms. The second-order valence-electron chi connectivity index (χ2n) is 8.50. The Hall–Kier alpha value is -2.34. The van der Waals surface area contributed by atoms with E-state index in [0.29, 0.717) is 6.42 Å². The van der Waals surface area contributed by atoms with Crippen molar-refractivity contribution in [3.8, 4) is 0 Å². The van der Waals surface area contributed by atoms with Crippen LogP contribution in [0.5, 0.6) is 0 Å². The topological polar surface area (TPSA) is 21.1 Å². The van der Waals surface area contributed by atoms with Crippen LogP contribution in [-0.4, -0.2) is 28.0 Å². The molecule has 1 aliphatic carbocycles. The fourth-order valence-corrected chi connectivity index (χ4v) is 4.97. The Balaban J connectivity index is 1.51. The molecule has 1 aromatic carbocycles. The maximum Gasteiger partial charge on any atom is 0.433 e. The van der Waals surface area contributed by atoms with Crippen molar-refractivity contribution in [2.45, 2.75) is 50.9 Å². The van der Waals surface area contributed by atoms with E-state index in [2.05, 4.69) is 46.6 Å². The Morgan fingerprint density at radius 1 is 1.14 bits per heavy atom. The van der Waals surface area contributed by atoms with Crippen molar-refractivity contribution in [1.29, 1.82) is 0 Å². The van der Waals surface area contributed by atoms with Crippen molar-refractivity contribution in [3.63, 3.8) is 0 Å². The molecule has 0 radical (unpaired) electrons. The third-order valence-electron chi connectivity index (χ3n) is 6.67. The molecule has 0 amide bonds. The summed E-state index contributed by atoms with van der Waals surface area (Å²) in [7, 11) is 2.22. The third-order valence-corrected chi connectivity index (χ3v) is 6.67. The van der Waals surface area contributed by atoms with Crippen LogP contribution in [0.15, 0.2) is 36.5 Å². The minimum atomic E-state index is -4.39. The third kappa shape index (κ3) is 2.96. The number of pyridine rings is 1. The molecule has 3 nitrogen and oxygen atoms in total. The molecule has 0 atom stereocenters. The number of benzene rings is 1. The fraction of sp³-hybridized carbons (Fsp3) is 0.435. The lowest BCUT2D eigenvalue weighted by Crippen LogP contribution is -2.38. The van der Waals surface area contributed by atoms with E-state index in [1.54, 1.807) is 6.07 Å². The maximum absolute atomic E-state index is 12.8. The number of hydrogen-bond acceptors (Lipinski definition) is 2. The number of fused-ring (bicyclic) bond motifs is 4. The van der Waals surface area contributed by atoms with Gasteiger partial charge in [-0.3, -0.25) is 9.88 Å². The maximum atomic E-state index is 12.8. The van der Waals surface area contributed by atoms with E-state index in [-0.39, 0.29) is 5.54 Å². The summed E-state index contributed by atoms with van der Waals surface area (Å²) in [5.41, 5.74) is 5.56. The molecule has 2 aromatic heterocycles. The van der Waals surface area contributed by atoms with Crippen molar-refractivity contribution in [1.82, 2.24) is 14.5 Å². The second-order valence-corrected chi connectivity index (χ2v) is 8.50. The number of hydrogen-bond donors (Lipinski definition) is 0. The van der Waals surface area contributed by atoms with E-state index in [4.69, 9.17) is 0 Å². The molecule has 0 saturated heterocycles. The average Bonchev–Trinajstić information content (AvgIpc) is 3.40. The summed E-state index contributed by atoms with van der Waals surface area (Å²) in [5, 5.41) is 1.34. The van der Waals surface area contributed by atoms with Gasteiger partial charge in [0.15, 0.2) is 0 Å². The van der Waals surface area contributed by atoms with Crippen LogP contribution < -0.4 is 0 Å². The van der Waals surface area contributed by atoms with Gasteiger partial charge in [-0.05, 0) is 57.0 Å². The Labute approximate surface area is 168 Å². The Kier molecular flexibility index (Phi) is 4.07. The van der Waals surface area contributed by atoms with Gasteiger partial charge in [0.25, 0.3) is 0 Å². The van der Waals surface area contributed by atoms with Gasteiger partial charge in [-0.15, -0.1) is 0 Å². The molecule has 1 saturated carbocycles. The highest BCUT2D eigenvalue weighted by molar-refractivity contribution is 5.88. The van der Waals surface area contributed by atoms with Crippen molar-refractivity contribution < 1.29 is 13.2 Å². The highest BCUT2D eigenvalue weighted by Crippen LogP contribution is 2.56. The summed E-state index contributed by atoms with van der Waals surface area (Å²) in [6, 6.07) is 9.27. The molecule has 1 fully saturated rings. The summed E-state index contributed by atoms with van der Waals surface area (Å²) in [4.78, 5) is 6.11. The zero-order valence-electron chi connectivity index (χ0n) is 16.7. The predicted molar refractivity (Wildman–Crippen MR) is 107 cm³/mol. The molecular weight excluding hydrogens is 375 g/mol. The number of alkyl halides is 3. The predicted octanol–water partition coefficient (Wildman–Crippen LogP) is 5.08. The number of likely N-dealkylation sites (N-methyl/N-ethyl adjacent to an activating group) is 1. The standard InChI is InChI=1S/C23H24F3N3/c1-15-3-5-18-17(13-15)21-19(8-11-28(2)22(21)9-10-22)29(18)12-7-16-4-6-20(27-14-16)23(24,25)26/h3-6,13-14H,7-12H2,1-2H3. The Bertz CT molecular complexity index is 1080. The summed E-state index contributed by atoms with van der Waals surface area (Å²) < 4.78 is 40.7. The first-order valence-electron chi connectivity index (χ1n) is 10.2. The van der Waals surface area contributed by atoms with Crippen molar-refractivity contribution in [2.24, 2.45) is 0 Å². The number of aryl methyl sites for hydroxylation is 3. The first kappa shape index (κ1) is 18.7. The van der Waals surface area contributed by atoms with Gasteiger partial charge < -0.3 is 4.57 Å². The van der Waals surface area contributed by atoms with Crippen LogP contribution in [0.4, 0.5) is 13.2 Å². The Morgan fingerprint density at radius 3 is 2.59 bits per heavy atom. The molecule has 0 bridgehead atoms. The lowest BCUT2D eigenvalue weighted by atomic mass is 9.93. The molecular formula is C23H24F3N3. The SMILES string of the molecule is Cc1ccc2c(c1)c1c(n2CCc2ccc(C(F)(F)F)nc2)CCN(C)C12CC2. The summed E-state index contributed by atoms with van der Waals surface area (Å²) in [6.45, 7) is 3.93. The van der Waals surface area contributed by atoms with Crippen LogP contribution in [0.1, 0.15) is 40.9 Å². The van der Waals surface area contributed by atoms with E-state index < -0.39 is 11.9 Å². The summed E-state index contributed by atoms with van der Waals surface area (Å²) >= 11 is 0. The van der Waals surface area contributed by atoms with E-state index in [1.165, 1.54) is 46.8 Å². The minimum absolute atomic E-state index is 0.181. The molecule has 6 heteroatoms. The van der Waals surface area contributed by atoms with Gasteiger partial charge in [0.1, 0.15) is 5.69 Å². The van der Waals surface area contributed by atoms with Crippen LogP contribution in [0.2, 0.25) is 0 Å². The number of rotatable bonds is 3. The number of halogens is 3. The number of nitrogens with zero attached hydrogens (tertiary/aromatic N) is 3. The molecule has 152 valence electrons. The van der Waals surface area contributed by atoms with Gasteiger partial charge in [-0.25, -0.2) is 0 Å². The molecule has 3 heterocycles. The van der Waals surface area contributed by atoms with E-state index >= 15 is 0 Å². The molecule has 1 aliphatic heterocycles. The van der Waals surface area contributed by atoms with Crippen LogP contribution in [0, 0.1) is 6.92 Å². The molecule has 3 aromatic rings. The van der Waals surface area contributed by atoms with Crippen LogP contribution in [-0.2, 0) is 31.1 Å². The van der Waals surface area contributed by atoms with Crippen molar-refractivity contribution >= 4 is 10.9 Å². The van der Waals surface area contributed by atoms with Gasteiger partial charge in [0.05, 0.1) is 0 Å². The molecule has 5 rings (SSSR count). The second kappa shape index (κ2) is 6.33. The largest absolute Gasteiger partial charge is 0.433 e. The van der Waals surface area contributed by atoms with Crippen LogP contribution in [0.3, 0.4) is 0 Å². The van der Waals surface area contributed by atoms with Gasteiger partial charge in [-0.1, -0.05) is 17.7 Å². The zero-order valence-corrected chi connectivity index (χ0v) is 16.7. The monoisotopic (exact) mass is 399 g/mol. The quantitative estimate of drug-likeness (QED) is 0.612. The van der Waals surface area contributed by atoms with Gasteiger partial charge >= 0.3 is 6.18 Å². The smallest absolute Gasteiger partial charge is 0.344 e. The highest BCUT2D eigenvalue weighted by atomic mass is 19.4.